The van der Waals surface area contributed by atoms with E-state index in [4.69, 9.17) is 9.47 Å². The highest BCUT2D eigenvalue weighted by Gasteiger charge is 2.47. The SMILES string of the molecule is CC1(C)CCSCC1(O)c1ccc2c(c1)OCCCO2. The highest BCUT2D eigenvalue weighted by molar-refractivity contribution is 7.99. The molecular weight excluding hydrogens is 272 g/mol. The van der Waals surface area contributed by atoms with E-state index in [1.807, 2.05) is 30.0 Å². The van der Waals surface area contributed by atoms with Gasteiger partial charge in [0.25, 0.3) is 0 Å². The van der Waals surface area contributed by atoms with Crippen LogP contribution >= 0.6 is 11.8 Å². The number of hydrogen-bond acceptors (Lipinski definition) is 4. The van der Waals surface area contributed by atoms with Crippen LogP contribution in [-0.2, 0) is 5.60 Å². The molecule has 1 aromatic rings. The third-order valence-electron chi connectivity index (χ3n) is 4.53. The Morgan fingerprint density at radius 1 is 1.15 bits per heavy atom. The van der Waals surface area contributed by atoms with Gasteiger partial charge in [0.1, 0.15) is 5.60 Å². The van der Waals surface area contributed by atoms with E-state index in [1.54, 1.807) is 0 Å². The van der Waals surface area contributed by atoms with E-state index in [9.17, 15) is 5.11 Å². The van der Waals surface area contributed by atoms with Gasteiger partial charge in [-0.15, -0.1) is 0 Å². The van der Waals surface area contributed by atoms with Gasteiger partial charge >= 0.3 is 0 Å². The van der Waals surface area contributed by atoms with Crippen molar-refractivity contribution < 1.29 is 14.6 Å². The molecule has 0 amide bonds. The Morgan fingerprint density at radius 2 is 1.90 bits per heavy atom. The van der Waals surface area contributed by atoms with Gasteiger partial charge in [0, 0.05) is 12.2 Å². The third kappa shape index (κ3) is 2.29. The molecule has 1 saturated heterocycles. The Bertz CT molecular complexity index is 500. The monoisotopic (exact) mass is 294 g/mol. The van der Waals surface area contributed by atoms with E-state index >= 15 is 0 Å². The van der Waals surface area contributed by atoms with Crippen LogP contribution in [0.15, 0.2) is 18.2 Å². The molecule has 1 N–H and O–H groups in total. The fourth-order valence-corrected chi connectivity index (χ4v) is 4.50. The van der Waals surface area contributed by atoms with Crippen molar-refractivity contribution in [3.63, 3.8) is 0 Å². The zero-order valence-corrected chi connectivity index (χ0v) is 13.0. The number of benzene rings is 1. The summed E-state index contributed by atoms with van der Waals surface area (Å²) in [5, 5.41) is 11.2. The first-order valence-corrected chi connectivity index (χ1v) is 8.39. The first-order valence-electron chi connectivity index (χ1n) is 7.23. The molecule has 0 saturated carbocycles. The predicted molar refractivity (Wildman–Crippen MR) is 81.7 cm³/mol. The zero-order chi connectivity index (χ0) is 14.2. The second-order valence-corrected chi connectivity index (χ2v) is 7.36. The van der Waals surface area contributed by atoms with Crippen LogP contribution in [0.3, 0.4) is 0 Å². The minimum atomic E-state index is -0.805. The van der Waals surface area contributed by atoms with Gasteiger partial charge in [-0.3, -0.25) is 0 Å². The van der Waals surface area contributed by atoms with Crippen LogP contribution in [0.5, 0.6) is 11.5 Å². The first-order chi connectivity index (χ1) is 9.53. The van der Waals surface area contributed by atoms with Crippen molar-refractivity contribution in [3.05, 3.63) is 23.8 Å². The van der Waals surface area contributed by atoms with Gasteiger partial charge in [-0.2, -0.15) is 11.8 Å². The topological polar surface area (TPSA) is 38.7 Å². The van der Waals surface area contributed by atoms with E-state index in [0.717, 1.165) is 41.4 Å². The molecule has 2 aliphatic rings. The molecule has 3 nitrogen and oxygen atoms in total. The average Bonchev–Trinajstić information content (AvgIpc) is 2.66. The number of aliphatic hydroxyl groups is 1. The highest BCUT2D eigenvalue weighted by Crippen LogP contribution is 2.49. The normalized spacial score (nSPS) is 28.8. The summed E-state index contributed by atoms with van der Waals surface area (Å²) in [5.41, 5.74) is 0.0116. The van der Waals surface area contributed by atoms with Gasteiger partial charge in [-0.05, 0) is 35.3 Å². The van der Waals surface area contributed by atoms with E-state index in [2.05, 4.69) is 13.8 Å². The molecule has 0 radical (unpaired) electrons. The van der Waals surface area contributed by atoms with Crippen LogP contribution in [0.25, 0.3) is 0 Å². The Labute approximate surface area is 124 Å². The van der Waals surface area contributed by atoms with Crippen LogP contribution < -0.4 is 9.47 Å². The van der Waals surface area contributed by atoms with Crippen molar-refractivity contribution in [2.24, 2.45) is 5.41 Å². The number of rotatable bonds is 1. The van der Waals surface area contributed by atoms with Gasteiger partial charge in [0.2, 0.25) is 0 Å². The van der Waals surface area contributed by atoms with Crippen LogP contribution in [0.2, 0.25) is 0 Å². The number of hydrogen-bond donors (Lipinski definition) is 1. The lowest BCUT2D eigenvalue weighted by molar-refractivity contribution is -0.0580. The van der Waals surface area contributed by atoms with Crippen LogP contribution in [0, 0.1) is 5.41 Å². The summed E-state index contributed by atoms with van der Waals surface area (Å²) in [6, 6.07) is 5.89. The molecule has 20 heavy (non-hydrogen) atoms. The van der Waals surface area contributed by atoms with E-state index < -0.39 is 5.60 Å². The van der Waals surface area contributed by atoms with Gasteiger partial charge in [0.15, 0.2) is 11.5 Å². The second kappa shape index (κ2) is 5.15. The third-order valence-corrected chi connectivity index (χ3v) is 5.64. The van der Waals surface area contributed by atoms with E-state index in [1.165, 1.54) is 0 Å². The van der Waals surface area contributed by atoms with Crippen molar-refractivity contribution in [1.29, 1.82) is 0 Å². The van der Waals surface area contributed by atoms with Gasteiger partial charge in [-0.25, -0.2) is 0 Å². The molecule has 1 aromatic carbocycles. The standard InChI is InChI=1S/C16H22O3S/c1-15(2)6-9-20-11-16(15,17)12-4-5-13-14(10-12)19-8-3-7-18-13/h4-5,10,17H,3,6-9,11H2,1-2H3. The van der Waals surface area contributed by atoms with Crippen molar-refractivity contribution in [1.82, 2.24) is 0 Å². The summed E-state index contributed by atoms with van der Waals surface area (Å²) in [7, 11) is 0. The molecule has 3 rings (SSSR count). The molecule has 0 aliphatic carbocycles. The smallest absolute Gasteiger partial charge is 0.161 e. The van der Waals surface area contributed by atoms with Gasteiger partial charge in [0.05, 0.1) is 13.2 Å². The minimum absolute atomic E-state index is 0.127. The second-order valence-electron chi connectivity index (χ2n) is 6.26. The minimum Gasteiger partial charge on any atom is -0.490 e. The number of thioether (sulfide) groups is 1. The summed E-state index contributed by atoms with van der Waals surface area (Å²) in [5.74, 6) is 3.40. The molecule has 1 fully saturated rings. The van der Waals surface area contributed by atoms with Crippen LogP contribution in [-0.4, -0.2) is 29.8 Å². The Morgan fingerprint density at radius 3 is 2.65 bits per heavy atom. The molecule has 1 atom stereocenters. The van der Waals surface area contributed by atoms with Crippen molar-refractivity contribution in [2.45, 2.75) is 32.3 Å². The molecule has 2 heterocycles. The maximum absolute atomic E-state index is 11.2. The summed E-state index contributed by atoms with van der Waals surface area (Å²) in [6.45, 7) is 5.66. The summed E-state index contributed by atoms with van der Waals surface area (Å²) in [4.78, 5) is 0. The fourth-order valence-electron chi connectivity index (χ4n) is 2.84. The van der Waals surface area contributed by atoms with Gasteiger partial charge in [-0.1, -0.05) is 19.9 Å². The molecule has 1 unspecified atom stereocenters. The van der Waals surface area contributed by atoms with Crippen molar-refractivity contribution >= 4 is 11.8 Å². The fraction of sp³-hybridized carbons (Fsp3) is 0.625. The van der Waals surface area contributed by atoms with Crippen molar-refractivity contribution in [2.75, 3.05) is 24.7 Å². The number of fused-ring (bicyclic) bond motifs is 1. The van der Waals surface area contributed by atoms with E-state index in [-0.39, 0.29) is 5.41 Å². The molecule has 0 aromatic heterocycles. The number of ether oxygens (including phenoxy) is 2. The van der Waals surface area contributed by atoms with Gasteiger partial charge < -0.3 is 14.6 Å². The van der Waals surface area contributed by atoms with Crippen LogP contribution in [0.4, 0.5) is 0 Å². The summed E-state index contributed by atoms with van der Waals surface area (Å²) in [6.07, 6.45) is 1.91. The summed E-state index contributed by atoms with van der Waals surface area (Å²) < 4.78 is 11.4. The summed E-state index contributed by atoms with van der Waals surface area (Å²) >= 11 is 1.82. The largest absolute Gasteiger partial charge is 0.490 e. The Hall–Kier alpha value is -0.870. The average molecular weight is 294 g/mol. The first kappa shape index (κ1) is 14.1. The Balaban J connectivity index is 1.99. The molecular formula is C16H22O3S. The molecule has 0 spiro atoms. The highest BCUT2D eigenvalue weighted by atomic mass is 32.2. The lowest BCUT2D eigenvalue weighted by Crippen LogP contribution is -2.47. The lowest BCUT2D eigenvalue weighted by Gasteiger charge is -2.46. The maximum atomic E-state index is 11.2. The predicted octanol–water partition coefficient (Wildman–Crippen LogP) is 3.20. The van der Waals surface area contributed by atoms with Crippen molar-refractivity contribution in [3.8, 4) is 11.5 Å². The maximum Gasteiger partial charge on any atom is 0.161 e. The Kier molecular flexibility index (Phi) is 3.63. The molecule has 4 heteroatoms. The molecule has 2 aliphatic heterocycles. The molecule has 110 valence electrons. The zero-order valence-electron chi connectivity index (χ0n) is 12.1. The molecule has 0 bridgehead atoms. The van der Waals surface area contributed by atoms with E-state index in [0.29, 0.717) is 13.2 Å². The van der Waals surface area contributed by atoms with Crippen LogP contribution in [0.1, 0.15) is 32.3 Å². The lowest BCUT2D eigenvalue weighted by atomic mass is 9.70. The quantitative estimate of drug-likeness (QED) is 0.863.